The van der Waals surface area contributed by atoms with Crippen molar-refractivity contribution in [3.05, 3.63) is 66.6 Å². The van der Waals surface area contributed by atoms with Crippen LogP contribution < -0.4 is 9.64 Å². The Morgan fingerprint density at radius 3 is 2.65 bits per heavy atom. The Bertz CT molecular complexity index is 754. The Morgan fingerprint density at radius 2 is 1.87 bits per heavy atom. The van der Waals surface area contributed by atoms with Gasteiger partial charge in [-0.3, -0.25) is 9.79 Å². The summed E-state index contributed by atoms with van der Waals surface area (Å²) in [6.07, 6.45) is 3.43. The molecule has 3 rings (SSSR count). The number of benzene rings is 2. The van der Waals surface area contributed by atoms with Gasteiger partial charge in [0.1, 0.15) is 0 Å². The third-order valence-electron chi connectivity index (χ3n) is 3.38. The molecule has 1 N–H and O–H groups in total. The summed E-state index contributed by atoms with van der Waals surface area (Å²) in [5, 5.41) is 8.92. The van der Waals surface area contributed by atoms with E-state index in [9.17, 15) is 4.79 Å². The molecule has 0 amide bonds. The molecule has 0 unspecified atom stereocenters. The molecule has 5 heteroatoms. The largest absolute Gasteiger partial charge is 0.481 e. The molecule has 116 valence electrons. The van der Waals surface area contributed by atoms with Crippen LogP contribution in [0.3, 0.4) is 0 Å². The minimum Gasteiger partial charge on any atom is -0.481 e. The van der Waals surface area contributed by atoms with Gasteiger partial charge in [0, 0.05) is 18.8 Å². The molecule has 5 nitrogen and oxygen atoms in total. The van der Waals surface area contributed by atoms with Gasteiger partial charge in [0.15, 0.2) is 5.75 Å². The summed E-state index contributed by atoms with van der Waals surface area (Å²) in [6, 6.07) is 17.1. The van der Waals surface area contributed by atoms with E-state index >= 15 is 0 Å². The van der Waals surface area contributed by atoms with Crippen LogP contribution >= 0.6 is 0 Å². The number of carboxylic acid groups (broad SMARTS) is 1. The predicted molar refractivity (Wildman–Crippen MR) is 89.3 cm³/mol. The summed E-state index contributed by atoms with van der Waals surface area (Å²) in [4.78, 5) is 17.0. The third kappa shape index (κ3) is 3.58. The molecule has 0 aromatic heterocycles. The number of anilines is 1. The molecule has 0 saturated heterocycles. The normalized spacial score (nSPS) is 15.0. The average Bonchev–Trinajstić information content (AvgIpc) is 2.91. The van der Waals surface area contributed by atoms with Crippen molar-refractivity contribution in [3.63, 3.8) is 0 Å². The smallest absolute Gasteiger partial charge is 0.305 e. The standard InChI is InChI=1S/C18H16N2O3/c21-18(22)11-13-20-15-8-4-5-9-16(15)23-17(20)10-12-19-14-6-2-1-3-7-14/h1-10,12H,11,13H2,(H,21,22)/b17-10-,19-12?. The second-order valence-corrected chi connectivity index (χ2v) is 4.98. The molecule has 1 aliphatic heterocycles. The zero-order valence-corrected chi connectivity index (χ0v) is 12.4. The SMILES string of the molecule is O=C(O)CCN1/C(=C/C=Nc2ccccc2)Oc2ccccc21. The van der Waals surface area contributed by atoms with Gasteiger partial charge in [-0.2, -0.15) is 0 Å². The summed E-state index contributed by atoms with van der Waals surface area (Å²) < 4.78 is 5.79. The zero-order valence-electron chi connectivity index (χ0n) is 12.4. The quantitative estimate of drug-likeness (QED) is 0.857. The number of aliphatic carboxylic acids is 1. The summed E-state index contributed by atoms with van der Waals surface area (Å²) in [5.41, 5.74) is 1.71. The van der Waals surface area contributed by atoms with E-state index in [1.165, 1.54) is 0 Å². The number of rotatable bonds is 5. The Labute approximate surface area is 134 Å². The number of hydrogen-bond donors (Lipinski definition) is 1. The lowest BCUT2D eigenvalue weighted by molar-refractivity contribution is -0.136. The number of hydrogen-bond acceptors (Lipinski definition) is 4. The van der Waals surface area contributed by atoms with Crippen molar-refractivity contribution in [3.8, 4) is 5.75 Å². The van der Waals surface area contributed by atoms with E-state index in [-0.39, 0.29) is 6.42 Å². The van der Waals surface area contributed by atoms with Gasteiger partial charge < -0.3 is 14.7 Å². The fourth-order valence-electron chi connectivity index (χ4n) is 2.32. The van der Waals surface area contributed by atoms with Crippen molar-refractivity contribution in [1.82, 2.24) is 0 Å². The van der Waals surface area contributed by atoms with Crippen LogP contribution in [0.2, 0.25) is 0 Å². The first-order valence-corrected chi connectivity index (χ1v) is 7.29. The van der Waals surface area contributed by atoms with E-state index in [0.29, 0.717) is 12.4 Å². The topological polar surface area (TPSA) is 62.1 Å². The Morgan fingerprint density at radius 1 is 1.13 bits per heavy atom. The number of carbonyl (C=O) groups is 1. The Hall–Kier alpha value is -3.08. The molecule has 0 atom stereocenters. The highest BCUT2D eigenvalue weighted by Crippen LogP contribution is 2.38. The van der Waals surface area contributed by atoms with Crippen LogP contribution in [0, 0.1) is 0 Å². The van der Waals surface area contributed by atoms with E-state index in [1.54, 1.807) is 12.3 Å². The van der Waals surface area contributed by atoms with E-state index in [2.05, 4.69) is 4.99 Å². The summed E-state index contributed by atoms with van der Waals surface area (Å²) in [5.74, 6) is 0.455. The molecule has 0 fully saturated rings. The van der Waals surface area contributed by atoms with Gasteiger partial charge >= 0.3 is 5.97 Å². The van der Waals surface area contributed by atoms with Crippen LogP contribution in [0.1, 0.15) is 6.42 Å². The van der Waals surface area contributed by atoms with Gasteiger partial charge in [0.05, 0.1) is 17.8 Å². The molecule has 2 aromatic rings. The maximum Gasteiger partial charge on any atom is 0.305 e. The third-order valence-corrected chi connectivity index (χ3v) is 3.38. The summed E-state index contributed by atoms with van der Waals surface area (Å²) in [7, 11) is 0. The lowest BCUT2D eigenvalue weighted by atomic mass is 10.2. The second-order valence-electron chi connectivity index (χ2n) is 4.98. The lowest BCUT2D eigenvalue weighted by Gasteiger charge is -2.16. The molecule has 0 radical (unpaired) electrons. The van der Waals surface area contributed by atoms with Crippen molar-refractivity contribution in [2.24, 2.45) is 4.99 Å². The number of para-hydroxylation sites is 3. The minimum absolute atomic E-state index is 0.0326. The maximum atomic E-state index is 10.9. The predicted octanol–water partition coefficient (Wildman–Crippen LogP) is 3.60. The van der Waals surface area contributed by atoms with Crippen molar-refractivity contribution in [1.29, 1.82) is 0 Å². The van der Waals surface area contributed by atoms with Crippen LogP contribution in [0.25, 0.3) is 0 Å². The highest BCUT2D eigenvalue weighted by atomic mass is 16.5. The van der Waals surface area contributed by atoms with E-state index < -0.39 is 5.97 Å². The Balaban J connectivity index is 1.81. The number of fused-ring (bicyclic) bond motifs is 1. The van der Waals surface area contributed by atoms with E-state index in [4.69, 9.17) is 9.84 Å². The lowest BCUT2D eigenvalue weighted by Crippen LogP contribution is -2.23. The number of nitrogens with zero attached hydrogens (tertiary/aromatic N) is 2. The summed E-state index contributed by atoms with van der Waals surface area (Å²) >= 11 is 0. The Kier molecular flexibility index (Phi) is 4.38. The molecular weight excluding hydrogens is 292 g/mol. The van der Waals surface area contributed by atoms with Crippen LogP contribution in [0.4, 0.5) is 11.4 Å². The molecule has 0 aliphatic carbocycles. The van der Waals surface area contributed by atoms with Gasteiger partial charge in [0.25, 0.3) is 0 Å². The fourth-order valence-corrected chi connectivity index (χ4v) is 2.32. The van der Waals surface area contributed by atoms with E-state index in [0.717, 1.165) is 17.1 Å². The van der Waals surface area contributed by atoms with Crippen LogP contribution in [-0.2, 0) is 4.79 Å². The van der Waals surface area contributed by atoms with Gasteiger partial charge in [-0.25, -0.2) is 0 Å². The minimum atomic E-state index is -0.841. The molecular formula is C18H16N2O3. The van der Waals surface area contributed by atoms with Crippen molar-refractivity contribution >= 4 is 23.6 Å². The highest BCUT2D eigenvalue weighted by Gasteiger charge is 2.25. The van der Waals surface area contributed by atoms with Gasteiger partial charge in [-0.15, -0.1) is 0 Å². The zero-order chi connectivity index (χ0) is 16.1. The number of carboxylic acids is 1. The fraction of sp³-hybridized carbons (Fsp3) is 0.111. The molecule has 1 heterocycles. The van der Waals surface area contributed by atoms with Gasteiger partial charge in [-0.1, -0.05) is 30.3 Å². The molecule has 2 aromatic carbocycles. The second kappa shape index (κ2) is 6.79. The molecule has 23 heavy (non-hydrogen) atoms. The summed E-state index contributed by atoms with van der Waals surface area (Å²) in [6.45, 7) is 0.345. The monoisotopic (exact) mass is 308 g/mol. The molecule has 0 spiro atoms. The molecule has 0 saturated carbocycles. The molecule has 0 bridgehead atoms. The van der Waals surface area contributed by atoms with Crippen LogP contribution in [-0.4, -0.2) is 23.8 Å². The van der Waals surface area contributed by atoms with Gasteiger partial charge in [0.2, 0.25) is 5.88 Å². The van der Waals surface area contributed by atoms with E-state index in [1.807, 2.05) is 59.5 Å². The first-order chi connectivity index (χ1) is 11.2. The van der Waals surface area contributed by atoms with Crippen molar-refractivity contribution in [2.75, 3.05) is 11.4 Å². The number of allylic oxidation sites excluding steroid dienone is 1. The van der Waals surface area contributed by atoms with Crippen LogP contribution in [0.5, 0.6) is 5.75 Å². The molecule has 1 aliphatic rings. The first-order valence-electron chi connectivity index (χ1n) is 7.29. The van der Waals surface area contributed by atoms with Crippen molar-refractivity contribution in [2.45, 2.75) is 6.42 Å². The highest BCUT2D eigenvalue weighted by molar-refractivity contribution is 5.78. The number of aliphatic imine (C=N–C) groups is 1. The van der Waals surface area contributed by atoms with Crippen LogP contribution in [0.15, 0.2) is 71.5 Å². The van der Waals surface area contributed by atoms with Gasteiger partial charge in [-0.05, 0) is 24.3 Å². The first kappa shape index (κ1) is 14.8. The maximum absolute atomic E-state index is 10.9. The number of ether oxygens (including phenoxy) is 1. The average molecular weight is 308 g/mol. The van der Waals surface area contributed by atoms with Crippen molar-refractivity contribution < 1.29 is 14.6 Å².